The average Bonchev–Trinajstić information content (AvgIpc) is 3.20. The first-order valence-corrected chi connectivity index (χ1v) is 10.1. The second kappa shape index (κ2) is 7.30. The smallest absolute Gasteiger partial charge is 0.118 e. The van der Waals surface area contributed by atoms with Crippen molar-refractivity contribution in [1.82, 2.24) is 14.8 Å². The molecule has 0 bridgehead atoms. The van der Waals surface area contributed by atoms with Crippen LogP contribution in [0.3, 0.4) is 0 Å². The van der Waals surface area contributed by atoms with Gasteiger partial charge in [0.2, 0.25) is 0 Å². The second-order valence-electron chi connectivity index (χ2n) is 7.73. The van der Waals surface area contributed by atoms with Crippen LogP contribution in [-0.2, 0) is 6.54 Å². The van der Waals surface area contributed by atoms with Crippen LogP contribution in [0, 0.1) is 13.8 Å². The molecular weight excluding hydrogens is 370 g/mol. The summed E-state index contributed by atoms with van der Waals surface area (Å²) in [6.45, 7) is 5.03. The number of fused-ring (bicyclic) bond motifs is 3. The van der Waals surface area contributed by atoms with Gasteiger partial charge in [-0.25, -0.2) is 0 Å². The third-order valence-electron chi connectivity index (χ3n) is 5.81. The molecule has 0 saturated carbocycles. The maximum Gasteiger partial charge on any atom is 0.118 e. The lowest BCUT2D eigenvalue weighted by Crippen LogP contribution is -2.04. The van der Waals surface area contributed by atoms with E-state index in [-0.39, 0.29) is 0 Å². The van der Waals surface area contributed by atoms with Crippen molar-refractivity contribution in [3.8, 4) is 28.3 Å². The normalized spacial score (nSPS) is 11.3. The fourth-order valence-corrected chi connectivity index (χ4v) is 3.95. The predicted octanol–water partition coefficient (Wildman–Crippen LogP) is 5.88. The summed E-state index contributed by atoms with van der Waals surface area (Å²) in [7, 11) is 1.69. The number of pyridine rings is 1. The van der Waals surface area contributed by atoms with Crippen LogP contribution in [0.15, 0.2) is 72.9 Å². The van der Waals surface area contributed by atoms with E-state index in [1.54, 1.807) is 7.11 Å². The lowest BCUT2D eigenvalue weighted by molar-refractivity contribution is 0.414. The highest BCUT2D eigenvalue weighted by molar-refractivity contribution is 5.98. The van der Waals surface area contributed by atoms with Gasteiger partial charge in [0.1, 0.15) is 17.1 Å². The van der Waals surface area contributed by atoms with Crippen molar-refractivity contribution in [2.45, 2.75) is 20.4 Å². The van der Waals surface area contributed by atoms with Crippen LogP contribution in [-0.4, -0.2) is 21.9 Å². The molecule has 148 valence electrons. The molecule has 3 aromatic carbocycles. The second-order valence-corrected chi connectivity index (χ2v) is 7.73. The minimum atomic E-state index is 0.762. The predicted molar refractivity (Wildman–Crippen MR) is 121 cm³/mol. The van der Waals surface area contributed by atoms with Gasteiger partial charge in [-0.1, -0.05) is 42.5 Å². The van der Waals surface area contributed by atoms with E-state index in [0.29, 0.717) is 0 Å². The number of methoxy groups -OCH3 is 1. The fraction of sp³-hybridized carbons (Fsp3) is 0.154. The summed E-state index contributed by atoms with van der Waals surface area (Å²) < 4.78 is 7.58. The van der Waals surface area contributed by atoms with Gasteiger partial charge < -0.3 is 9.30 Å². The monoisotopic (exact) mass is 393 g/mol. The Labute approximate surface area is 176 Å². The van der Waals surface area contributed by atoms with E-state index in [0.717, 1.165) is 45.7 Å². The highest BCUT2D eigenvalue weighted by Crippen LogP contribution is 2.37. The molecule has 30 heavy (non-hydrogen) atoms. The van der Waals surface area contributed by atoms with Gasteiger partial charge >= 0.3 is 0 Å². The number of benzene rings is 3. The molecular formula is C26H23N3O. The largest absolute Gasteiger partial charge is 0.497 e. The molecule has 0 spiro atoms. The van der Waals surface area contributed by atoms with Crippen molar-refractivity contribution in [3.63, 3.8) is 0 Å². The van der Waals surface area contributed by atoms with Gasteiger partial charge in [-0.2, -0.15) is 0 Å². The van der Waals surface area contributed by atoms with Gasteiger partial charge in [-0.15, -0.1) is 10.2 Å². The molecule has 0 N–H and O–H groups in total. The standard InChI is InChI=1S/C26H23N3O/c1-17-8-11-20(14-18(17)2)25-23-16-29(15-19-9-12-21(30-3)13-10-19)24-7-5-4-6-22(24)26(23)28-27-25/h4-14,16H,15H2,1-3H3. The van der Waals surface area contributed by atoms with Crippen LogP contribution >= 0.6 is 0 Å². The van der Waals surface area contributed by atoms with Crippen LogP contribution < -0.4 is 4.74 Å². The highest BCUT2D eigenvalue weighted by Gasteiger charge is 2.20. The maximum atomic E-state index is 5.30. The Morgan fingerprint density at radius 3 is 2.37 bits per heavy atom. The molecule has 0 radical (unpaired) electrons. The van der Waals surface area contributed by atoms with E-state index in [1.165, 1.54) is 16.7 Å². The molecule has 0 saturated heterocycles. The van der Waals surface area contributed by atoms with Crippen LogP contribution in [0.25, 0.3) is 33.4 Å². The zero-order valence-electron chi connectivity index (χ0n) is 17.4. The summed E-state index contributed by atoms with van der Waals surface area (Å²) in [5.41, 5.74) is 8.96. The lowest BCUT2D eigenvalue weighted by atomic mass is 9.99. The minimum absolute atomic E-state index is 0.762. The minimum Gasteiger partial charge on any atom is -0.497 e. The molecule has 0 atom stereocenters. The molecule has 4 nitrogen and oxygen atoms in total. The van der Waals surface area contributed by atoms with Crippen molar-refractivity contribution >= 4 is 10.9 Å². The van der Waals surface area contributed by atoms with Gasteiger partial charge in [0.05, 0.1) is 12.6 Å². The molecule has 5 rings (SSSR count). The molecule has 4 heteroatoms. The average molecular weight is 393 g/mol. The maximum absolute atomic E-state index is 5.30. The van der Waals surface area contributed by atoms with Crippen molar-refractivity contribution < 1.29 is 4.74 Å². The zero-order valence-corrected chi connectivity index (χ0v) is 17.4. The summed E-state index contributed by atoms with van der Waals surface area (Å²) in [6, 6.07) is 23.1. The first-order valence-electron chi connectivity index (χ1n) is 10.1. The third kappa shape index (κ3) is 3.11. The molecule has 2 heterocycles. The first-order chi connectivity index (χ1) is 14.6. The first kappa shape index (κ1) is 18.4. The number of hydrogen-bond donors (Lipinski definition) is 0. The number of aryl methyl sites for hydroxylation is 2. The number of ether oxygens (including phenoxy) is 1. The summed E-state index contributed by atoms with van der Waals surface area (Å²) in [5.74, 6) is 0.866. The van der Waals surface area contributed by atoms with Gasteiger partial charge in [0, 0.05) is 29.3 Å². The van der Waals surface area contributed by atoms with E-state index in [4.69, 9.17) is 4.74 Å². The molecule has 0 aromatic heterocycles. The van der Waals surface area contributed by atoms with E-state index >= 15 is 0 Å². The number of nitrogens with zero attached hydrogens (tertiary/aromatic N) is 3. The summed E-state index contributed by atoms with van der Waals surface area (Å²) in [4.78, 5) is 0. The van der Waals surface area contributed by atoms with E-state index < -0.39 is 0 Å². The lowest BCUT2D eigenvalue weighted by Gasteiger charge is -2.15. The Bertz CT molecular complexity index is 1320. The SMILES string of the molecule is COc1ccc(Cn2cc3c(-c4ccc(C)c(C)c4)nnc-3c3ccccc32)cc1. The fourth-order valence-electron chi connectivity index (χ4n) is 3.95. The Balaban J connectivity index is 1.68. The Morgan fingerprint density at radius 1 is 0.833 bits per heavy atom. The Hall–Kier alpha value is -3.66. The van der Waals surface area contributed by atoms with Crippen molar-refractivity contribution in [3.05, 3.63) is 89.6 Å². The van der Waals surface area contributed by atoms with Crippen LogP contribution in [0.1, 0.15) is 16.7 Å². The van der Waals surface area contributed by atoms with Gasteiger partial charge in [0.25, 0.3) is 0 Å². The molecule has 0 amide bonds. The molecule has 0 unspecified atom stereocenters. The Morgan fingerprint density at radius 2 is 1.60 bits per heavy atom. The van der Waals surface area contributed by atoms with Crippen molar-refractivity contribution in [2.75, 3.05) is 7.11 Å². The Kier molecular flexibility index (Phi) is 4.47. The van der Waals surface area contributed by atoms with E-state index in [2.05, 4.69) is 89.4 Å². The van der Waals surface area contributed by atoms with Gasteiger partial charge in [-0.3, -0.25) is 0 Å². The van der Waals surface area contributed by atoms with Crippen LogP contribution in [0.5, 0.6) is 5.75 Å². The number of para-hydroxylation sites is 1. The highest BCUT2D eigenvalue weighted by atomic mass is 16.5. The number of aromatic nitrogens is 3. The topological polar surface area (TPSA) is 39.9 Å². The zero-order chi connectivity index (χ0) is 20.7. The molecule has 2 aliphatic heterocycles. The van der Waals surface area contributed by atoms with Crippen molar-refractivity contribution in [2.24, 2.45) is 0 Å². The van der Waals surface area contributed by atoms with E-state index in [1.807, 2.05) is 12.1 Å². The van der Waals surface area contributed by atoms with E-state index in [9.17, 15) is 0 Å². The summed E-state index contributed by atoms with van der Waals surface area (Å²) in [6.07, 6.45) is 2.19. The van der Waals surface area contributed by atoms with Crippen LogP contribution in [0.4, 0.5) is 0 Å². The van der Waals surface area contributed by atoms with Gasteiger partial charge in [0.15, 0.2) is 0 Å². The number of hydrogen-bond acceptors (Lipinski definition) is 3. The number of rotatable bonds is 4. The van der Waals surface area contributed by atoms with Crippen LogP contribution in [0.2, 0.25) is 0 Å². The molecule has 0 aliphatic carbocycles. The third-order valence-corrected chi connectivity index (χ3v) is 5.81. The summed E-state index contributed by atoms with van der Waals surface area (Å²) >= 11 is 0. The molecule has 2 aliphatic rings. The molecule has 3 aromatic rings. The quantitative estimate of drug-likeness (QED) is 0.383. The summed E-state index contributed by atoms with van der Waals surface area (Å²) in [5, 5.41) is 10.3. The van der Waals surface area contributed by atoms with Crippen molar-refractivity contribution in [1.29, 1.82) is 0 Å². The van der Waals surface area contributed by atoms with Gasteiger partial charge in [-0.05, 0) is 54.8 Å². The molecule has 0 fully saturated rings.